The molecular weight excluding hydrogens is 385 g/mol. The summed E-state index contributed by atoms with van der Waals surface area (Å²) in [5.74, 6) is -6.00. The first kappa shape index (κ1) is 23.4. The van der Waals surface area contributed by atoms with Gasteiger partial charge in [0.05, 0.1) is 6.04 Å². The molecule has 0 aromatic heterocycles. The van der Waals surface area contributed by atoms with Crippen LogP contribution in [0.4, 0.5) is 13.2 Å². The van der Waals surface area contributed by atoms with E-state index in [2.05, 4.69) is 10.1 Å². The Balaban J connectivity index is 3.03. The number of nitrogens with zero attached hydrogens (tertiary/aromatic N) is 1. The highest BCUT2D eigenvalue weighted by atomic mass is 19.4. The standard InChI is InChI=1S/C17H23F3N2O6/c1-4-8-22(9-5-2)14(24)13-11(21-10(3)23)6-7-12(27-13)15(25)28-16(26)17(18,19)20/h7,11,13H,4-6,8-9H2,1-3H3,(H,21,23). The van der Waals surface area contributed by atoms with E-state index in [1.807, 2.05) is 13.8 Å². The molecule has 2 unspecified atom stereocenters. The summed E-state index contributed by atoms with van der Waals surface area (Å²) < 4.78 is 45.8. The summed E-state index contributed by atoms with van der Waals surface area (Å²) in [7, 11) is 0. The first-order valence-corrected chi connectivity index (χ1v) is 8.77. The second-order valence-electron chi connectivity index (χ2n) is 6.15. The van der Waals surface area contributed by atoms with Crippen LogP contribution in [0, 0.1) is 0 Å². The van der Waals surface area contributed by atoms with Crippen LogP contribution in [0.1, 0.15) is 40.0 Å². The number of carbonyl (C=O) groups excluding carboxylic acids is 4. The Bertz CT molecular complexity index is 641. The second-order valence-corrected chi connectivity index (χ2v) is 6.15. The highest BCUT2D eigenvalue weighted by molar-refractivity contribution is 5.97. The molecule has 1 aliphatic heterocycles. The van der Waals surface area contributed by atoms with Crippen molar-refractivity contribution >= 4 is 23.8 Å². The second kappa shape index (κ2) is 10.1. The lowest BCUT2D eigenvalue weighted by atomic mass is 10.0. The van der Waals surface area contributed by atoms with E-state index in [1.54, 1.807) is 0 Å². The highest BCUT2D eigenvalue weighted by Gasteiger charge is 2.44. The lowest BCUT2D eigenvalue weighted by Gasteiger charge is -2.34. The zero-order valence-corrected chi connectivity index (χ0v) is 15.8. The van der Waals surface area contributed by atoms with E-state index in [1.165, 1.54) is 11.8 Å². The van der Waals surface area contributed by atoms with Crippen LogP contribution in [0.25, 0.3) is 0 Å². The lowest BCUT2D eigenvalue weighted by Crippen LogP contribution is -2.54. The number of nitrogens with one attached hydrogen (secondary N) is 1. The number of hydrogen-bond donors (Lipinski definition) is 1. The normalized spacial score (nSPS) is 19.1. The van der Waals surface area contributed by atoms with E-state index in [0.29, 0.717) is 25.9 Å². The maximum atomic E-state index is 12.8. The van der Waals surface area contributed by atoms with Crippen molar-refractivity contribution in [2.24, 2.45) is 0 Å². The summed E-state index contributed by atoms with van der Waals surface area (Å²) in [6.07, 6.45) is -4.39. The Labute approximate surface area is 160 Å². The maximum absolute atomic E-state index is 12.8. The van der Waals surface area contributed by atoms with Crippen molar-refractivity contribution in [3.63, 3.8) is 0 Å². The third kappa shape index (κ3) is 6.54. The monoisotopic (exact) mass is 408 g/mol. The average Bonchev–Trinajstić information content (AvgIpc) is 2.59. The van der Waals surface area contributed by atoms with Gasteiger partial charge in [-0.2, -0.15) is 13.2 Å². The van der Waals surface area contributed by atoms with Gasteiger partial charge in [0.25, 0.3) is 5.91 Å². The summed E-state index contributed by atoms with van der Waals surface area (Å²) in [6.45, 7) is 5.74. The molecule has 0 fully saturated rings. The van der Waals surface area contributed by atoms with Gasteiger partial charge in [-0.25, -0.2) is 9.59 Å². The zero-order chi connectivity index (χ0) is 21.5. The summed E-state index contributed by atoms with van der Waals surface area (Å²) in [4.78, 5) is 48.4. The fourth-order valence-corrected chi connectivity index (χ4v) is 2.62. The minimum Gasteiger partial charge on any atom is -0.471 e. The minimum atomic E-state index is -5.35. The van der Waals surface area contributed by atoms with Gasteiger partial charge in [-0.15, -0.1) is 0 Å². The Kier molecular flexibility index (Phi) is 8.45. The van der Waals surface area contributed by atoms with E-state index in [0.717, 1.165) is 6.08 Å². The number of ether oxygens (including phenoxy) is 2. The predicted octanol–water partition coefficient (Wildman–Crippen LogP) is 1.44. The molecule has 1 aliphatic rings. The van der Waals surface area contributed by atoms with Crippen LogP contribution in [0.3, 0.4) is 0 Å². The molecule has 0 spiro atoms. The SMILES string of the molecule is CCCN(CCC)C(=O)C1OC(C(=O)OC(=O)C(F)(F)F)=CCC1NC(C)=O. The molecule has 2 atom stereocenters. The molecule has 0 radical (unpaired) electrons. The molecule has 0 aliphatic carbocycles. The molecule has 1 heterocycles. The number of alkyl halides is 3. The van der Waals surface area contributed by atoms with E-state index >= 15 is 0 Å². The Morgan fingerprint density at radius 2 is 1.79 bits per heavy atom. The number of halogens is 3. The number of amides is 2. The van der Waals surface area contributed by atoms with Crippen molar-refractivity contribution in [3.8, 4) is 0 Å². The van der Waals surface area contributed by atoms with Crippen LogP contribution in [-0.4, -0.2) is 60.1 Å². The largest absolute Gasteiger partial charge is 0.491 e. The van der Waals surface area contributed by atoms with Crippen molar-refractivity contribution in [2.75, 3.05) is 13.1 Å². The fraction of sp³-hybridized carbons (Fsp3) is 0.647. The van der Waals surface area contributed by atoms with Gasteiger partial charge < -0.3 is 19.7 Å². The van der Waals surface area contributed by atoms with Crippen LogP contribution in [0.2, 0.25) is 0 Å². The quantitative estimate of drug-likeness (QED) is 0.505. The molecule has 2 amide bonds. The van der Waals surface area contributed by atoms with Gasteiger partial charge in [0.1, 0.15) is 0 Å². The third-order valence-electron chi connectivity index (χ3n) is 3.73. The van der Waals surface area contributed by atoms with E-state index in [9.17, 15) is 32.3 Å². The molecule has 1 rings (SSSR count). The van der Waals surface area contributed by atoms with Gasteiger partial charge in [0.15, 0.2) is 6.10 Å². The molecule has 0 saturated heterocycles. The van der Waals surface area contributed by atoms with Gasteiger partial charge >= 0.3 is 18.1 Å². The highest BCUT2D eigenvalue weighted by Crippen LogP contribution is 2.23. The third-order valence-corrected chi connectivity index (χ3v) is 3.73. The van der Waals surface area contributed by atoms with E-state index in [4.69, 9.17) is 4.74 Å². The van der Waals surface area contributed by atoms with Crippen LogP contribution in [0.15, 0.2) is 11.8 Å². The summed E-state index contributed by atoms with van der Waals surface area (Å²) >= 11 is 0. The van der Waals surface area contributed by atoms with Crippen molar-refractivity contribution < 1.29 is 41.8 Å². The van der Waals surface area contributed by atoms with Crippen LogP contribution < -0.4 is 5.32 Å². The first-order valence-electron chi connectivity index (χ1n) is 8.77. The van der Waals surface area contributed by atoms with Crippen molar-refractivity contribution in [2.45, 2.75) is 58.4 Å². The number of hydrogen-bond acceptors (Lipinski definition) is 6. The molecule has 1 N–H and O–H groups in total. The average molecular weight is 408 g/mol. The van der Waals surface area contributed by atoms with E-state index < -0.39 is 47.8 Å². The Morgan fingerprint density at radius 3 is 2.25 bits per heavy atom. The molecule has 158 valence electrons. The molecule has 0 aromatic rings. The number of esters is 2. The molecular formula is C17H23F3N2O6. The van der Waals surface area contributed by atoms with Gasteiger partial charge in [0, 0.05) is 20.0 Å². The molecule has 8 nitrogen and oxygen atoms in total. The topological polar surface area (TPSA) is 102 Å². The summed E-state index contributed by atoms with van der Waals surface area (Å²) in [5.41, 5.74) is 0. The van der Waals surface area contributed by atoms with Gasteiger partial charge in [-0.1, -0.05) is 13.8 Å². The van der Waals surface area contributed by atoms with Gasteiger partial charge in [0.2, 0.25) is 11.7 Å². The van der Waals surface area contributed by atoms with Crippen molar-refractivity contribution in [1.82, 2.24) is 10.2 Å². The Hall–Kier alpha value is -2.59. The van der Waals surface area contributed by atoms with Gasteiger partial charge in [-0.3, -0.25) is 9.59 Å². The molecule has 0 bridgehead atoms. The van der Waals surface area contributed by atoms with Crippen molar-refractivity contribution in [3.05, 3.63) is 11.8 Å². The zero-order valence-electron chi connectivity index (χ0n) is 15.8. The fourth-order valence-electron chi connectivity index (χ4n) is 2.62. The summed E-state index contributed by atoms with van der Waals surface area (Å²) in [5, 5.41) is 2.52. The minimum absolute atomic E-state index is 0.0628. The molecule has 0 saturated carbocycles. The van der Waals surface area contributed by atoms with E-state index in [-0.39, 0.29) is 6.42 Å². The molecule has 28 heavy (non-hydrogen) atoms. The van der Waals surface area contributed by atoms with Crippen molar-refractivity contribution in [1.29, 1.82) is 0 Å². The van der Waals surface area contributed by atoms with Crippen LogP contribution in [0.5, 0.6) is 0 Å². The van der Waals surface area contributed by atoms with Crippen LogP contribution >= 0.6 is 0 Å². The molecule has 0 aromatic carbocycles. The smallest absolute Gasteiger partial charge is 0.471 e. The lowest BCUT2D eigenvalue weighted by molar-refractivity contribution is -0.202. The predicted molar refractivity (Wildman–Crippen MR) is 89.5 cm³/mol. The number of carbonyl (C=O) groups is 4. The summed E-state index contributed by atoms with van der Waals surface area (Å²) in [6, 6.07) is -0.823. The Morgan fingerprint density at radius 1 is 1.21 bits per heavy atom. The van der Waals surface area contributed by atoms with Crippen LogP contribution in [-0.2, 0) is 28.7 Å². The molecule has 11 heteroatoms. The van der Waals surface area contributed by atoms with Gasteiger partial charge in [-0.05, 0) is 25.3 Å². The first-order chi connectivity index (χ1) is 13.0. The number of rotatable bonds is 7. The maximum Gasteiger partial charge on any atom is 0.491 e.